The molecule has 0 spiro atoms. The largest absolute Gasteiger partial charge is 0.397 e. The minimum Gasteiger partial charge on any atom is -0.397 e. The highest BCUT2D eigenvalue weighted by atomic mass is 79.9. The lowest BCUT2D eigenvalue weighted by Gasteiger charge is -2.13. The summed E-state index contributed by atoms with van der Waals surface area (Å²) < 4.78 is 23.9. The van der Waals surface area contributed by atoms with Crippen LogP contribution in [0, 0.1) is 6.92 Å². The molecule has 2 aromatic carbocycles. The van der Waals surface area contributed by atoms with Crippen LogP contribution in [0.2, 0.25) is 0 Å². The van der Waals surface area contributed by atoms with Crippen LogP contribution in [-0.2, 0) is 9.84 Å². The molecule has 6 heteroatoms. The molecule has 0 heterocycles. The smallest absolute Gasteiger partial charge is 0.175 e. The van der Waals surface area contributed by atoms with Crippen molar-refractivity contribution in [2.24, 2.45) is 0 Å². The molecule has 0 aliphatic heterocycles. The van der Waals surface area contributed by atoms with Gasteiger partial charge in [0.1, 0.15) is 0 Å². The van der Waals surface area contributed by atoms with E-state index in [0.717, 1.165) is 22.0 Å². The van der Waals surface area contributed by atoms with Gasteiger partial charge in [0, 0.05) is 16.4 Å². The zero-order valence-corrected chi connectivity index (χ0v) is 13.5. The predicted octanol–water partition coefficient (Wildman–Crippen LogP) is 3.49. The first-order valence-corrected chi connectivity index (χ1v) is 8.58. The van der Waals surface area contributed by atoms with Crippen LogP contribution < -0.4 is 11.1 Å². The van der Waals surface area contributed by atoms with Crippen LogP contribution >= 0.6 is 15.9 Å². The molecule has 0 saturated heterocycles. The molecule has 0 aliphatic rings. The Labute approximate surface area is 127 Å². The lowest BCUT2D eigenvalue weighted by molar-refractivity contribution is 0.602. The zero-order chi connectivity index (χ0) is 14.9. The molecule has 0 atom stereocenters. The van der Waals surface area contributed by atoms with Gasteiger partial charge < -0.3 is 11.1 Å². The number of anilines is 3. The van der Waals surface area contributed by atoms with Crippen molar-refractivity contribution in [3.8, 4) is 0 Å². The van der Waals surface area contributed by atoms with Crippen molar-refractivity contribution in [2.45, 2.75) is 11.8 Å². The summed E-state index contributed by atoms with van der Waals surface area (Å²) in [6, 6.07) is 10.5. The Balaban J connectivity index is 2.35. The van der Waals surface area contributed by atoms with Crippen LogP contribution in [0.4, 0.5) is 17.1 Å². The number of rotatable bonds is 3. The lowest BCUT2D eigenvalue weighted by atomic mass is 10.2. The molecule has 0 saturated carbocycles. The van der Waals surface area contributed by atoms with Gasteiger partial charge >= 0.3 is 0 Å². The first-order chi connectivity index (χ1) is 9.27. The maximum atomic E-state index is 11.5. The zero-order valence-electron chi connectivity index (χ0n) is 11.1. The molecule has 2 aromatic rings. The Morgan fingerprint density at radius 1 is 1.10 bits per heavy atom. The van der Waals surface area contributed by atoms with E-state index in [9.17, 15) is 8.42 Å². The van der Waals surface area contributed by atoms with Gasteiger partial charge in [-0.2, -0.15) is 0 Å². The van der Waals surface area contributed by atoms with Gasteiger partial charge in [0.05, 0.1) is 16.3 Å². The second-order valence-electron chi connectivity index (χ2n) is 4.61. The van der Waals surface area contributed by atoms with E-state index in [1.807, 2.05) is 25.1 Å². The fraction of sp³-hybridized carbons (Fsp3) is 0.143. The third-order valence-electron chi connectivity index (χ3n) is 2.91. The van der Waals surface area contributed by atoms with E-state index in [0.29, 0.717) is 11.4 Å². The van der Waals surface area contributed by atoms with E-state index in [4.69, 9.17) is 5.73 Å². The second kappa shape index (κ2) is 5.46. The number of nitrogen functional groups attached to an aromatic ring is 1. The molecule has 0 amide bonds. The first kappa shape index (κ1) is 14.9. The lowest BCUT2D eigenvalue weighted by Crippen LogP contribution is -2.02. The van der Waals surface area contributed by atoms with Gasteiger partial charge in [-0.05, 0) is 48.9 Å². The van der Waals surface area contributed by atoms with Crippen LogP contribution in [-0.4, -0.2) is 14.7 Å². The van der Waals surface area contributed by atoms with E-state index in [2.05, 4.69) is 21.2 Å². The monoisotopic (exact) mass is 354 g/mol. The van der Waals surface area contributed by atoms with E-state index in [-0.39, 0.29) is 4.90 Å². The third-order valence-corrected chi connectivity index (χ3v) is 4.51. The Kier molecular flexibility index (Phi) is 4.06. The molecule has 0 aliphatic carbocycles. The Morgan fingerprint density at radius 2 is 1.75 bits per heavy atom. The van der Waals surface area contributed by atoms with Crippen molar-refractivity contribution >= 4 is 42.8 Å². The van der Waals surface area contributed by atoms with Gasteiger partial charge in [-0.3, -0.25) is 0 Å². The number of nitrogens with two attached hydrogens (primary N) is 1. The molecule has 3 N–H and O–H groups in total. The maximum Gasteiger partial charge on any atom is 0.175 e. The van der Waals surface area contributed by atoms with Gasteiger partial charge in [-0.1, -0.05) is 15.9 Å². The molecular formula is C14H15BrN2O2S. The van der Waals surface area contributed by atoms with Crippen molar-refractivity contribution in [2.75, 3.05) is 17.3 Å². The summed E-state index contributed by atoms with van der Waals surface area (Å²) in [5.74, 6) is 0. The highest BCUT2D eigenvalue weighted by molar-refractivity contribution is 9.10. The maximum absolute atomic E-state index is 11.5. The van der Waals surface area contributed by atoms with Crippen LogP contribution in [0.25, 0.3) is 0 Å². The summed E-state index contributed by atoms with van der Waals surface area (Å²) >= 11 is 3.41. The van der Waals surface area contributed by atoms with Crippen LogP contribution in [0.5, 0.6) is 0 Å². The van der Waals surface area contributed by atoms with Gasteiger partial charge in [0.25, 0.3) is 0 Å². The Hall–Kier alpha value is -1.53. The van der Waals surface area contributed by atoms with Gasteiger partial charge in [-0.15, -0.1) is 0 Å². The molecule has 0 unspecified atom stereocenters. The molecule has 0 aromatic heterocycles. The SMILES string of the molecule is Cc1cc(Br)ccc1Nc1ccc(S(C)(=O)=O)cc1N. The number of halogens is 1. The van der Waals surface area contributed by atoms with Crippen LogP contribution in [0.15, 0.2) is 45.8 Å². The molecule has 4 nitrogen and oxygen atoms in total. The highest BCUT2D eigenvalue weighted by Crippen LogP contribution is 2.28. The molecule has 20 heavy (non-hydrogen) atoms. The number of hydrogen-bond donors (Lipinski definition) is 2. The van der Waals surface area contributed by atoms with Crippen molar-refractivity contribution in [3.05, 3.63) is 46.4 Å². The van der Waals surface area contributed by atoms with Crippen molar-refractivity contribution in [1.29, 1.82) is 0 Å². The summed E-state index contributed by atoms with van der Waals surface area (Å²) in [5, 5.41) is 3.21. The molecule has 2 rings (SSSR count). The van der Waals surface area contributed by atoms with Crippen LogP contribution in [0.1, 0.15) is 5.56 Å². The number of hydrogen-bond acceptors (Lipinski definition) is 4. The summed E-state index contributed by atoms with van der Waals surface area (Å²) in [5.41, 5.74) is 8.98. The summed E-state index contributed by atoms with van der Waals surface area (Å²) in [6.07, 6.45) is 1.16. The summed E-state index contributed by atoms with van der Waals surface area (Å²) in [6.45, 7) is 1.98. The first-order valence-electron chi connectivity index (χ1n) is 5.90. The number of benzene rings is 2. The van der Waals surface area contributed by atoms with E-state index >= 15 is 0 Å². The molecule has 0 radical (unpaired) electrons. The van der Waals surface area contributed by atoms with Crippen molar-refractivity contribution < 1.29 is 8.42 Å². The Bertz CT molecular complexity index is 758. The Morgan fingerprint density at radius 3 is 2.30 bits per heavy atom. The number of sulfone groups is 1. The van der Waals surface area contributed by atoms with Crippen molar-refractivity contribution in [1.82, 2.24) is 0 Å². The second-order valence-corrected chi connectivity index (χ2v) is 7.54. The fourth-order valence-electron chi connectivity index (χ4n) is 1.80. The molecular weight excluding hydrogens is 340 g/mol. The fourth-order valence-corrected chi connectivity index (χ4v) is 2.93. The average Bonchev–Trinajstić information content (AvgIpc) is 2.33. The normalized spacial score (nSPS) is 11.3. The van der Waals surface area contributed by atoms with E-state index in [1.165, 1.54) is 6.07 Å². The predicted molar refractivity (Wildman–Crippen MR) is 86.1 cm³/mol. The van der Waals surface area contributed by atoms with Gasteiger partial charge in [-0.25, -0.2) is 8.42 Å². The van der Waals surface area contributed by atoms with Crippen LogP contribution in [0.3, 0.4) is 0 Å². The van der Waals surface area contributed by atoms with E-state index in [1.54, 1.807) is 12.1 Å². The van der Waals surface area contributed by atoms with Crippen molar-refractivity contribution in [3.63, 3.8) is 0 Å². The topological polar surface area (TPSA) is 72.2 Å². The molecule has 0 fully saturated rings. The summed E-state index contributed by atoms with van der Waals surface area (Å²) in [7, 11) is -3.24. The minimum atomic E-state index is -3.24. The number of aryl methyl sites for hydroxylation is 1. The highest BCUT2D eigenvalue weighted by Gasteiger charge is 2.10. The number of nitrogens with one attached hydrogen (secondary N) is 1. The minimum absolute atomic E-state index is 0.216. The van der Waals surface area contributed by atoms with E-state index < -0.39 is 9.84 Å². The third kappa shape index (κ3) is 3.32. The van der Waals surface area contributed by atoms with Gasteiger partial charge in [0.2, 0.25) is 0 Å². The average molecular weight is 355 g/mol. The summed E-state index contributed by atoms with van der Waals surface area (Å²) in [4.78, 5) is 0.216. The quantitative estimate of drug-likeness (QED) is 0.827. The standard InChI is InChI=1S/C14H15BrN2O2S/c1-9-7-10(15)3-5-13(9)17-14-6-4-11(8-12(14)16)20(2,18)19/h3-8,17H,16H2,1-2H3. The van der Waals surface area contributed by atoms with Gasteiger partial charge in [0.15, 0.2) is 9.84 Å². The molecule has 106 valence electrons. The molecule has 0 bridgehead atoms.